The van der Waals surface area contributed by atoms with E-state index >= 15 is 0 Å². The quantitative estimate of drug-likeness (QED) is 0.681. The molecule has 0 aliphatic heterocycles. The lowest BCUT2D eigenvalue weighted by atomic mass is 9.93. The normalized spacial score (nSPS) is 23.2. The van der Waals surface area contributed by atoms with Crippen molar-refractivity contribution in [3.05, 3.63) is 33.8 Å². The standard InChI is InChI=1S/C15H19Br2NO/c1-10-7-8-11(16)9-12(10)15(19)18(2)14-6-4-3-5-13(14)17/h7-9,13-14H,3-6H2,1-2H3. The van der Waals surface area contributed by atoms with Gasteiger partial charge in [0.2, 0.25) is 0 Å². The predicted molar refractivity (Wildman–Crippen MR) is 85.9 cm³/mol. The van der Waals surface area contributed by atoms with Gasteiger partial charge < -0.3 is 4.90 Å². The van der Waals surface area contributed by atoms with E-state index in [9.17, 15) is 4.79 Å². The highest BCUT2D eigenvalue weighted by Gasteiger charge is 2.29. The van der Waals surface area contributed by atoms with Crippen molar-refractivity contribution < 1.29 is 4.79 Å². The minimum Gasteiger partial charge on any atom is -0.338 e. The van der Waals surface area contributed by atoms with Crippen LogP contribution in [-0.2, 0) is 0 Å². The van der Waals surface area contributed by atoms with Gasteiger partial charge in [-0.2, -0.15) is 0 Å². The number of benzene rings is 1. The van der Waals surface area contributed by atoms with Gasteiger partial charge in [0.1, 0.15) is 0 Å². The number of amides is 1. The van der Waals surface area contributed by atoms with E-state index < -0.39 is 0 Å². The number of nitrogens with zero attached hydrogens (tertiary/aromatic N) is 1. The Balaban J connectivity index is 2.20. The maximum Gasteiger partial charge on any atom is 0.254 e. The van der Waals surface area contributed by atoms with Crippen molar-refractivity contribution >= 4 is 37.8 Å². The van der Waals surface area contributed by atoms with Gasteiger partial charge in [-0.15, -0.1) is 0 Å². The van der Waals surface area contributed by atoms with Crippen LogP contribution in [-0.4, -0.2) is 28.7 Å². The molecule has 0 heterocycles. The molecule has 0 radical (unpaired) electrons. The van der Waals surface area contributed by atoms with Crippen LogP contribution in [0.4, 0.5) is 0 Å². The average Bonchev–Trinajstić information content (AvgIpc) is 2.40. The number of alkyl halides is 1. The van der Waals surface area contributed by atoms with Gasteiger partial charge in [0.05, 0.1) is 0 Å². The van der Waals surface area contributed by atoms with Gasteiger partial charge in [-0.3, -0.25) is 4.79 Å². The summed E-state index contributed by atoms with van der Waals surface area (Å²) in [6, 6.07) is 6.18. The van der Waals surface area contributed by atoms with Crippen LogP contribution < -0.4 is 0 Å². The largest absolute Gasteiger partial charge is 0.338 e. The molecule has 2 nitrogen and oxygen atoms in total. The summed E-state index contributed by atoms with van der Waals surface area (Å²) >= 11 is 7.17. The van der Waals surface area contributed by atoms with Crippen LogP contribution in [0.3, 0.4) is 0 Å². The fourth-order valence-corrected chi connectivity index (χ4v) is 3.97. The van der Waals surface area contributed by atoms with Crippen molar-refractivity contribution in [2.45, 2.75) is 43.5 Å². The molecule has 1 amide bonds. The summed E-state index contributed by atoms with van der Waals surface area (Å²) in [5, 5.41) is 0. The van der Waals surface area contributed by atoms with Gasteiger partial charge in [0, 0.05) is 28.0 Å². The highest BCUT2D eigenvalue weighted by molar-refractivity contribution is 9.10. The molecule has 1 aromatic rings. The maximum absolute atomic E-state index is 12.6. The van der Waals surface area contributed by atoms with Gasteiger partial charge in [-0.1, -0.05) is 50.8 Å². The summed E-state index contributed by atoms with van der Waals surface area (Å²) in [4.78, 5) is 15.0. The monoisotopic (exact) mass is 387 g/mol. The Hall–Kier alpha value is -0.350. The highest BCUT2D eigenvalue weighted by Crippen LogP contribution is 2.29. The fraction of sp³-hybridized carbons (Fsp3) is 0.533. The third-order valence-electron chi connectivity index (χ3n) is 3.90. The summed E-state index contributed by atoms with van der Waals surface area (Å²) in [6.07, 6.45) is 4.71. The SMILES string of the molecule is Cc1ccc(Br)cc1C(=O)N(C)C1CCCCC1Br. The molecule has 1 saturated carbocycles. The van der Waals surface area contributed by atoms with E-state index in [-0.39, 0.29) is 5.91 Å². The lowest BCUT2D eigenvalue weighted by molar-refractivity contribution is 0.0704. The van der Waals surface area contributed by atoms with Gasteiger partial charge in [0.25, 0.3) is 5.91 Å². The second-order valence-corrected chi connectivity index (χ2v) is 7.33. The molecular formula is C15H19Br2NO. The minimum atomic E-state index is 0.121. The zero-order valence-electron chi connectivity index (χ0n) is 11.3. The number of carbonyl (C=O) groups is 1. The van der Waals surface area contributed by atoms with Crippen LogP contribution in [0, 0.1) is 6.92 Å². The molecule has 1 aliphatic rings. The van der Waals surface area contributed by atoms with Crippen molar-refractivity contribution in [3.63, 3.8) is 0 Å². The Morgan fingerprint density at radius 1 is 1.32 bits per heavy atom. The zero-order valence-corrected chi connectivity index (χ0v) is 14.5. The minimum absolute atomic E-state index is 0.121. The van der Waals surface area contributed by atoms with E-state index in [0.29, 0.717) is 10.9 Å². The van der Waals surface area contributed by atoms with Crippen molar-refractivity contribution in [1.82, 2.24) is 4.90 Å². The molecule has 2 rings (SSSR count). The van der Waals surface area contributed by atoms with Gasteiger partial charge in [-0.05, 0) is 37.5 Å². The molecule has 19 heavy (non-hydrogen) atoms. The Bertz CT molecular complexity index is 475. The molecule has 0 N–H and O–H groups in total. The topological polar surface area (TPSA) is 20.3 Å². The Morgan fingerprint density at radius 3 is 2.68 bits per heavy atom. The molecule has 1 fully saturated rings. The Labute approximate surface area is 131 Å². The third kappa shape index (κ3) is 3.40. The number of hydrogen-bond acceptors (Lipinski definition) is 1. The molecule has 1 aromatic carbocycles. The molecule has 0 saturated heterocycles. The Morgan fingerprint density at radius 2 is 2.00 bits per heavy atom. The first kappa shape index (κ1) is 15.0. The van der Waals surface area contributed by atoms with Crippen molar-refractivity contribution in [2.75, 3.05) is 7.05 Å². The van der Waals surface area contributed by atoms with Gasteiger partial charge in [-0.25, -0.2) is 0 Å². The van der Waals surface area contributed by atoms with E-state index in [2.05, 4.69) is 31.9 Å². The molecule has 0 aromatic heterocycles. The van der Waals surface area contributed by atoms with E-state index in [1.165, 1.54) is 12.8 Å². The average molecular weight is 389 g/mol. The molecule has 2 unspecified atom stereocenters. The van der Waals surface area contributed by atoms with Crippen LogP contribution >= 0.6 is 31.9 Å². The van der Waals surface area contributed by atoms with Crippen molar-refractivity contribution in [2.24, 2.45) is 0 Å². The molecule has 2 atom stereocenters. The third-order valence-corrected chi connectivity index (χ3v) is 5.46. The predicted octanol–water partition coefficient (Wildman–Crippen LogP) is 4.54. The number of aryl methyl sites for hydroxylation is 1. The lowest BCUT2D eigenvalue weighted by Crippen LogP contribution is -2.44. The van der Waals surface area contributed by atoms with E-state index in [4.69, 9.17) is 0 Å². The molecule has 0 spiro atoms. The number of halogens is 2. The molecule has 4 heteroatoms. The first-order chi connectivity index (χ1) is 9.00. The summed E-state index contributed by atoms with van der Waals surface area (Å²) in [5.41, 5.74) is 1.82. The smallest absolute Gasteiger partial charge is 0.254 e. The van der Waals surface area contributed by atoms with Crippen LogP contribution in [0.1, 0.15) is 41.6 Å². The molecular weight excluding hydrogens is 370 g/mol. The zero-order chi connectivity index (χ0) is 14.0. The van der Waals surface area contributed by atoms with Crippen molar-refractivity contribution in [1.29, 1.82) is 0 Å². The van der Waals surface area contributed by atoms with Crippen LogP contribution in [0.25, 0.3) is 0 Å². The highest BCUT2D eigenvalue weighted by atomic mass is 79.9. The fourth-order valence-electron chi connectivity index (χ4n) is 2.67. The first-order valence-corrected chi connectivity index (χ1v) is 8.39. The van der Waals surface area contributed by atoms with E-state index in [1.54, 1.807) is 0 Å². The summed E-state index contributed by atoms with van der Waals surface area (Å²) in [5.74, 6) is 0.121. The van der Waals surface area contributed by atoms with Crippen molar-refractivity contribution in [3.8, 4) is 0 Å². The number of rotatable bonds is 2. The first-order valence-electron chi connectivity index (χ1n) is 6.68. The summed E-state index contributed by atoms with van der Waals surface area (Å²) in [7, 11) is 1.92. The molecule has 104 valence electrons. The second-order valence-electron chi connectivity index (χ2n) is 5.24. The van der Waals surface area contributed by atoms with Gasteiger partial charge >= 0.3 is 0 Å². The van der Waals surface area contributed by atoms with E-state index in [1.807, 2.05) is 37.1 Å². The van der Waals surface area contributed by atoms with E-state index in [0.717, 1.165) is 28.4 Å². The molecule has 1 aliphatic carbocycles. The summed E-state index contributed by atoms with van der Waals surface area (Å²) < 4.78 is 0.953. The number of hydrogen-bond donors (Lipinski definition) is 0. The maximum atomic E-state index is 12.6. The molecule has 0 bridgehead atoms. The second kappa shape index (κ2) is 6.40. The van der Waals surface area contributed by atoms with Crippen LogP contribution in [0.15, 0.2) is 22.7 Å². The van der Waals surface area contributed by atoms with Crippen LogP contribution in [0.2, 0.25) is 0 Å². The van der Waals surface area contributed by atoms with Crippen LogP contribution in [0.5, 0.6) is 0 Å². The Kier molecular flexibility index (Phi) is 5.07. The number of carbonyl (C=O) groups excluding carboxylic acids is 1. The summed E-state index contributed by atoms with van der Waals surface area (Å²) in [6.45, 7) is 1.99. The van der Waals surface area contributed by atoms with Gasteiger partial charge in [0.15, 0.2) is 0 Å². The lowest BCUT2D eigenvalue weighted by Gasteiger charge is -2.35.